The Kier molecular flexibility index (Phi) is 7.76. The van der Waals surface area contributed by atoms with Crippen molar-refractivity contribution in [1.29, 1.82) is 0 Å². The van der Waals surface area contributed by atoms with Crippen LogP contribution >= 0.6 is 12.2 Å². The molecule has 17 heteroatoms. The normalized spacial score (nSPS) is 12.3. The molecular formula is C16H12F9N5O2S. The summed E-state index contributed by atoms with van der Waals surface area (Å²) in [6.45, 7) is -3.60. The quantitative estimate of drug-likeness (QED) is 0.448. The zero-order valence-corrected chi connectivity index (χ0v) is 17.0. The molecule has 0 unspecified atom stereocenters. The molecule has 0 radical (unpaired) electrons. The standard InChI is InChI=1S/C16H12F9N5O2S/c1-30(8-2-3-9(26-5-8)16(23,24)25)13(33)29-12-27-10(31-6-14(17,18)19)4-11(28-12)32-7-15(20,21)22/h2-5H,6-7H2,1H3,(H,27,28,29,33). The van der Waals surface area contributed by atoms with Gasteiger partial charge in [0.05, 0.1) is 18.0 Å². The lowest BCUT2D eigenvalue weighted by molar-refractivity contribution is -0.154. The number of nitrogens with one attached hydrogen (secondary N) is 1. The Morgan fingerprint density at radius 2 is 1.45 bits per heavy atom. The highest BCUT2D eigenvalue weighted by molar-refractivity contribution is 7.80. The number of hydrogen-bond acceptors (Lipinski definition) is 6. The molecule has 0 saturated carbocycles. The molecule has 0 fully saturated rings. The lowest BCUT2D eigenvalue weighted by Crippen LogP contribution is -2.32. The van der Waals surface area contributed by atoms with Crippen LogP contribution in [0.1, 0.15) is 5.69 Å². The van der Waals surface area contributed by atoms with Crippen molar-refractivity contribution >= 4 is 29.0 Å². The maximum atomic E-state index is 12.6. The van der Waals surface area contributed by atoms with Crippen molar-refractivity contribution in [2.75, 3.05) is 30.5 Å². The van der Waals surface area contributed by atoms with Gasteiger partial charge in [-0.25, -0.2) is 4.98 Å². The minimum Gasteiger partial charge on any atom is -0.468 e. The third-order valence-electron chi connectivity index (χ3n) is 3.40. The molecule has 0 amide bonds. The third kappa shape index (κ3) is 8.74. The zero-order chi connectivity index (χ0) is 25.0. The summed E-state index contributed by atoms with van der Waals surface area (Å²) in [6.07, 6.45) is -13.4. The molecule has 0 aromatic carbocycles. The van der Waals surface area contributed by atoms with E-state index >= 15 is 0 Å². The molecular weight excluding hydrogens is 497 g/mol. The molecule has 0 spiro atoms. The summed E-state index contributed by atoms with van der Waals surface area (Å²) < 4.78 is 121. The molecule has 2 heterocycles. The predicted octanol–water partition coefficient (Wildman–Crippen LogP) is 4.61. The predicted molar refractivity (Wildman–Crippen MR) is 99.0 cm³/mol. The summed E-state index contributed by atoms with van der Waals surface area (Å²) in [4.78, 5) is 11.5. The molecule has 2 aromatic heterocycles. The highest BCUT2D eigenvalue weighted by Crippen LogP contribution is 2.28. The van der Waals surface area contributed by atoms with Gasteiger partial charge in [0.15, 0.2) is 18.3 Å². The number of nitrogens with zero attached hydrogens (tertiary/aromatic N) is 4. The molecule has 0 aliphatic carbocycles. The Balaban J connectivity index is 2.21. The van der Waals surface area contributed by atoms with Gasteiger partial charge in [-0.05, 0) is 24.4 Å². The fourth-order valence-corrected chi connectivity index (χ4v) is 2.16. The van der Waals surface area contributed by atoms with E-state index in [4.69, 9.17) is 12.2 Å². The SMILES string of the molecule is CN(C(=S)Nc1nc(OCC(F)(F)F)cc(OCC(F)(F)F)n1)c1ccc(C(F)(F)F)nc1. The maximum absolute atomic E-state index is 12.6. The Morgan fingerprint density at radius 1 is 0.939 bits per heavy atom. The van der Waals surface area contributed by atoms with Crippen LogP contribution in [0.2, 0.25) is 0 Å². The highest BCUT2D eigenvalue weighted by Gasteiger charge is 2.32. The molecule has 1 N–H and O–H groups in total. The van der Waals surface area contributed by atoms with Gasteiger partial charge in [0.1, 0.15) is 5.69 Å². The first-order chi connectivity index (χ1) is 15.0. The number of hydrogen-bond donors (Lipinski definition) is 1. The number of rotatable bonds is 6. The Bertz CT molecular complexity index is 929. The molecule has 2 rings (SSSR count). The summed E-state index contributed by atoms with van der Waals surface area (Å²) in [6, 6.07) is 2.32. The average molecular weight is 509 g/mol. The Hall–Kier alpha value is -3.11. The summed E-state index contributed by atoms with van der Waals surface area (Å²) in [5.41, 5.74) is -1.10. The van der Waals surface area contributed by atoms with Crippen LogP contribution in [-0.4, -0.2) is 52.7 Å². The number of pyridine rings is 1. The van der Waals surface area contributed by atoms with E-state index in [1.165, 1.54) is 7.05 Å². The van der Waals surface area contributed by atoms with Crippen molar-refractivity contribution in [2.24, 2.45) is 0 Å². The van der Waals surface area contributed by atoms with Crippen molar-refractivity contribution < 1.29 is 49.0 Å². The lowest BCUT2D eigenvalue weighted by atomic mass is 10.3. The second-order valence-electron chi connectivity index (χ2n) is 6.06. The minimum atomic E-state index is -4.77. The number of thiocarbonyl (C=S) groups is 1. The topological polar surface area (TPSA) is 72.4 Å². The number of alkyl halides is 9. The molecule has 7 nitrogen and oxygen atoms in total. The smallest absolute Gasteiger partial charge is 0.433 e. The maximum Gasteiger partial charge on any atom is 0.433 e. The lowest BCUT2D eigenvalue weighted by Gasteiger charge is -2.21. The summed E-state index contributed by atoms with van der Waals surface area (Å²) in [7, 11) is 1.30. The van der Waals surface area contributed by atoms with E-state index in [1.54, 1.807) is 0 Å². The van der Waals surface area contributed by atoms with Crippen molar-refractivity contribution in [2.45, 2.75) is 18.5 Å². The van der Waals surface area contributed by atoms with Crippen LogP contribution in [0.15, 0.2) is 24.4 Å². The molecule has 0 bridgehead atoms. The number of ether oxygens (including phenoxy) is 2. The molecule has 33 heavy (non-hydrogen) atoms. The summed E-state index contributed by atoms with van der Waals surface area (Å²) in [5.74, 6) is -2.14. The first-order valence-corrected chi connectivity index (χ1v) is 8.80. The fraction of sp³-hybridized carbons (Fsp3) is 0.375. The van der Waals surface area contributed by atoms with Gasteiger partial charge in [0.2, 0.25) is 17.7 Å². The van der Waals surface area contributed by atoms with Gasteiger partial charge < -0.3 is 19.7 Å². The largest absolute Gasteiger partial charge is 0.468 e. The van der Waals surface area contributed by atoms with Crippen molar-refractivity contribution in [3.63, 3.8) is 0 Å². The monoisotopic (exact) mass is 509 g/mol. The van der Waals surface area contributed by atoms with Gasteiger partial charge in [-0.1, -0.05) is 0 Å². The van der Waals surface area contributed by atoms with Gasteiger partial charge in [0.25, 0.3) is 0 Å². The molecule has 0 aliphatic rings. The summed E-state index contributed by atoms with van der Waals surface area (Å²) in [5, 5.41) is 2.04. The van der Waals surface area contributed by atoms with Gasteiger partial charge in [-0.3, -0.25) is 0 Å². The molecule has 2 aromatic rings. The van der Waals surface area contributed by atoms with Crippen LogP contribution in [0, 0.1) is 0 Å². The third-order valence-corrected chi connectivity index (χ3v) is 3.77. The van der Waals surface area contributed by atoms with E-state index in [0.29, 0.717) is 12.1 Å². The number of halogens is 9. The van der Waals surface area contributed by atoms with Crippen molar-refractivity contribution in [1.82, 2.24) is 15.0 Å². The van der Waals surface area contributed by atoms with E-state index in [2.05, 4.69) is 29.7 Å². The minimum absolute atomic E-state index is 0.0681. The first-order valence-electron chi connectivity index (χ1n) is 8.40. The fourth-order valence-electron chi connectivity index (χ4n) is 1.97. The molecule has 0 atom stereocenters. The molecule has 182 valence electrons. The van der Waals surface area contributed by atoms with Crippen molar-refractivity contribution in [3.05, 3.63) is 30.1 Å². The van der Waals surface area contributed by atoms with Gasteiger partial charge in [0, 0.05) is 7.05 Å². The number of anilines is 2. The summed E-state index contributed by atoms with van der Waals surface area (Å²) >= 11 is 5.02. The molecule has 0 aliphatic heterocycles. The van der Waals surface area contributed by atoms with E-state index in [-0.39, 0.29) is 10.8 Å². The van der Waals surface area contributed by atoms with Gasteiger partial charge in [-0.2, -0.15) is 49.5 Å². The van der Waals surface area contributed by atoms with E-state index in [0.717, 1.165) is 17.2 Å². The average Bonchev–Trinajstić information content (AvgIpc) is 2.68. The second-order valence-corrected chi connectivity index (χ2v) is 6.45. The van der Waals surface area contributed by atoms with E-state index in [1.807, 2.05) is 0 Å². The van der Waals surface area contributed by atoms with E-state index in [9.17, 15) is 39.5 Å². The first kappa shape index (κ1) is 26.1. The number of aromatic nitrogens is 3. The Labute approximate surface area is 184 Å². The van der Waals surface area contributed by atoms with Crippen LogP contribution in [0.3, 0.4) is 0 Å². The van der Waals surface area contributed by atoms with Crippen LogP contribution < -0.4 is 19.7 Å². The van der Waals surface area contributed by atoms with Crippen LogP contribution in [-0.2, 0) is 6.18 Å². The van der Waals surface area contributed by atoms with Crippen LogP contribution in [0.5, 0.6) is 11.8 Å². The Morgan fingerprint density at radius 3 is 1.85 bits per heavy atom. The van der Waals surface area contributed by atoms with Crippen molar-refractivity contribution in [3.8, 4) is 11.8 Å². The zero-order valence-electron chi connectivity index (χ0n) is 16.1. The second kappa shape index (κ2) is 9.80. The van der Waals surface area contributed by atoms with Gasteiger partial charge >= 0.3 is 18.5 Å². The van der Waals surface area contributed by atoms with Crippen LogP contribution in [0.4, 0.5) is 51.1 Å². The molecule has 0 saturated heterocycles. The van der Waals surface area contributed by atoms with Crippen LogP contribution in [0.25, 0.3) is 0 Å². The highest BCUT2D eigenvalue weighted by atomic mass is 32.1. The van der Waals surface area contributed by atoms with E-state index < -0.39 is 55.1 Å². The van der Waals surface area contributed by atoms with Gasteiger partial charge in [-0.15, -0.1) is 0 Å².